The fourth-order valence-electron chi connectivity index (χ4n) is 0.589. The highest BCUT2D eigenvalue weighted by molar-refractivity contribution is 7.87. The van der Waals surface area contributed by atoms with Crippen LogP contribution < -0.4 is 0 Å². The molecule has 0 saturated carbocycles. The predicted octanol–water partition coefficient (Wildman–Crippen LogP) is 0.577. The monoisotopic (exact) mass is 173 g/mol. The van der Waals surface area contributed by atoms with Gasteiger partial charge in [0.1, 0.15) is 0 Å². The van der Waals surface area contributed by atoms with Crippen LogP contribution in [0, 0.1) is 0 Å². The highest BCUT2D eigenvalue weighted by Crippen LogP contribution is 2.07. The smallest absolute Gasteiger partial charge is 0.186 e. The number of hydrogen-bond acceptors (Lipinski definition) is 4. The third kappa shape index (κ3) is 2.14. The molecule has 0 aliphatic rings. The normalized spacial score (nSPS) is 10.5. The summed E-state index contributed by atoms with van der Waals surface area (Å²) in [5.41, 5.74) is 0. The lowest BCUT2D eigenvalue weighted by Crippen LogP contribution is -2.10. The van der Waals surface area contributed by atoms with Gasteiger partial charge >= 0.3 is 16.6 Å². The van der Waals surface area contributed by atoms with Crippen LogP contribution in [0.15, 0.2) is 23.6 Å². The van der Waals surface area contributed by atoms with Gasteiger partial charge in [-0.15, -0.1) is 8.37 Å². The van der Waals surface area contributed by atoms with Crippen molar-refractivity contribution in [3.63, 3.8) is 0 Å². The van der Waals surface area contributed by atoms with Crippen LogP contribution in [0.2, 0.25) is 0 Å². The first-order chi connectivity index (χ1) is 5.38. The fraction of sp³-hybridized carbons (Fsp3) is 0.333. The highest BCUT2D eigenvalue weighted by atomic mass is 32.2. The first kappa shape index (κ1) is 8.45. The second kappa shape index (κ2) is 4.27. The molecule has 1 aromatic heterocycles. The minimum absolute atomic E-state index is 0.567. The Kier molecular flexibility index (Phi) is 3.28. The molecule has 1 rings (SSSR count). The zero-order valence-corrected chi connectivity index (χ0v) is 7.17. The van der Waals surface area contributed by atoms with Crippen molar-refractivity contribution in [1.29, 1.82) is 0 Å². The Morgan fingerprint density at radius 2 is 1.73 bits per heavy atom. The third-order valence-corrected chi connectivity index (χ3v) is 2.11. The molecule has 4 nitrogen and oxygen atoms in total. The van der Waals surface area contributed by atoms with Gasteiger partial charge < -0.3 is 0 Å². The minimum Gasteiger partial charge on any atom is -0.186 e. The molecule has 0 amide bonds. The van der Waals surface area contributed by atoms with Crippen LogP contribution in [0.3, 0.4) is 0 Å². The molecule has 1 heterocycles. The molecule has 0 aliphatic carbocycles. The predicted molar refractivity (Wildman–Crippen MR) is 41.7 cm³/mol. The first-order valence-corrected chi connectivity index (χ1v) is 4.06. The van der Waals surface area contributed by atoms with E-state index in [0.29, 0.717) is 5.16 Å². The van der Waals surface area contributed by atoms with Crippen molar-refractivity contribution in [2.45, 2.75) is 5.16 Å². The van der Waals surface area contributed by atoms with E-state index in [2.05, 4.69) is 9.97 Å². The lowest BCUT2D eigenvalue weighted by atomic mass is 10.7. The quantitative estimate of drug-likeness (QED) is 0.495. The summed E-state index contributed by atoms with van der Waals surface area (Å²) in [7, 11) is 3.12. The summed E-state index contributed by atoms with van der Waals surface area (Å²) in [6, 6.07) is 1.75. The Morgan fingerprint density at radius 3 is 2.18 bits per heavy atom. The lowest BCUT2D eigenvalue weighted by Gasteiger charge is -1.93. The van der Waals surface area contributed by atoms with Crippen molar-refractivity contribution < 1.29 is 8.37 Å². The van der Waals surface area contributed by atoms with E-state index in [9.17, 15) is 0 Å². The molecule has 0 aromatic carbocycles. The van der Waals surface area contributed by atoms with Gasteiger partial charge in [0.15, 0.2) is 0 Å². The lowest BCUT2D eigenvalue weighted by molar-refractivity contribution is 0.353. The van der Waals surface area contributed by atoms with Gasteiger partial charge in [0.2, 0.25) is 0 Å². The average molecular weight is 173 g/mol. The van der Waals surface area contributed by atoms with Crippen LogP contribution >= 0.6 is 0 Å². The summed E-state index contributed by atoms with van der Waals surface area (Å²) in [6.07, 6.45) is 3.31. The van der Waals surface area contributed by atoms with Crippen LogP contribution in [-0.4, -0.2) is 24.2 Å². The SMILES string of the molecule is CO[S+](OC)c1ncccn1. The largest absolute Gasteiger partial charge is 0.419 e. The van der Waals surface area contributed by atoms with E-state index in [-0.39, 0.29) is 0 Å². The van der Waals surface area contributed by atoms with Crippen molar-refractivity contribution in [2.75, 3.05) is 14.2 Å². The van der Waals surface area contributed by atoms with Crippen LogP contribution in [-0.2, 0) is 19.8 Å². The molecule has 0 N–H and O–H groups in total. The van der Waals surface area contributed by atoms with Crippen LogP contribution in [0.1, 0.15) is 0 Å². The summed E-state index contributed by atoms with van der Waals surface area (Å²) in [6.45, 7) is 0. The van der Waals surface area contributed by atoms with Crippen molar-refractivity contribution in [2.24, 2.45) is 0 Å². The van der Waals surface area contributed by atoms with Gasteiger partial charge in [-0.25, -0.2) is 0 Å². The molecule has 11 heavy (non-hydrogen) atoms. The number of rotatable bonds is 3. The molecule has 0 aliphatic heterocycles. The van der Waals surface area contributed by atoms with Gasteiger partial charge in [0.25, 0.3) is 0 Å². The maximum atomic E-state index is 4.97. The van der Waals surface area contributed by atoms with E-state index >= 15 is 0 Å². The Hall–Kier alpha value is -0.650. The topological polar surface area (TPSA) is 44.2 Å². The van der Waals surface area contributed by atoms with E-state index < -0.39 is 11.5 Å². The van der Waals surface area contributed by atoms with Gasteiger partial charge in [-0.1, -0.05) is 0 Å². The summed E-state index contributed by atoms with van der Waals surface area (Å²) >= 11 is -0.724. The Morgan fingerprint density at radius 1 is 1.18 bits per heavy atom. The Bertz CT molecular complexity index is 203. The van der Waals surface area contributed by atoms with E-state index in [0.717, 1.165) is 0 Å². The molecular formula is C6H9N2O2S+. The molecule has 0 atom stereocenters. The molecular weight excluding hydrogens is 164 g/mol. The molecule has 0 spiro atoms. The number of hydrogen-bond donors (Lipinski definition) is 0. The highest BCUT2D eigenvalue weighted by Gasteiger charge is 2.27. The number of aromatic nitrogens is 2. The van der Waals surface area contributed by atoms with Gasteiger partial charge in [-0.3, -0.25) is 0 Å². The second-order valence-corrected chi connectivity index (χ2v) is 3.10. The van der Waals surface area contributed by atoms with E-state index in [1.165, 1.54) is 0 Å². The molecule has 0 saturated heterocycles. The van der Waals surface area contributed by atoms with E-state index in [1.54, 1.807) is 32.7 Å². The maximum absolute atomic E-state index is 4.97. The maximum Gasteiger partial charge on any atom is 0.419 e. The van der Waals surface area contributed by atoms with Crippen molar-refractivity contribution in [3.05, 3.63) is 18.5 Å². The Balaban J connectivity index is 2.74. The molecule has 0 radical (unpaired) electrons. The van der Waals surface area contributed by atoms with Gasteiger partial charge in [-0.2, -0.15) is 9.97 Å². The molecule has 5 heteroatoms. The van der Waals surface area contributed by atoms with E-state index in [4.69, 9.17) is 8.37 Å². The second-order valence-electron chi connectivity index (χ2n) is 1.60. The van der Waals surface area contributed by atoms with Crippen LogP contribution in [0.25, 0.3) is 0 Å². The minimum atomic E-state index is -0.724. The van der Waals surface area contributed by atoms with Crippen molar-refractivity contribution in [1.82, 2.24) is 9.97 Å². The Labute approximate surface area is 68.3 Å². The molecule has 1 aromatic rings. The van der Waals surface area contributed by atoms with E-state index in [1.807, 2.05) is 0 Å². The zero-order valence-electron chi connectivity index (χ0n) is 6.35. The van der Waals surface area contributed by atoms with Crippen molar-refractivity contribution >= 4 is 11.5 Å². The third-order valence-electron chi connectivity index (χ3n) is 0.994. The first-order valence-electron chi connectivity index (χ1n) is 2.98. The van der Waals surface area contributed by atoms with Gasteiger partial charge in [-0.05, 0) is 6.07 Å². The fourth-order valence-corrected chi connectivity index (χ4v) is 1.32. The zero-order chi connectivity index (χ0) is 8.10. The molecule has 0 fully saturated rings. The number of nitrogens with zero attached hydrogens (tertiary/aromatic N) is 2. The summed E-state index contributed by atoms with van der Waals surface area (Å²) < 4.78 is 9.93. The summed E-state index contributed by atoms with van der Waals surface area (Å²) in [5.74, 6) is 0. The van der Waals surface area contributed by atoms with Crippen molar-refractivity contribution in [3.8, 4) is 0 Å². The van der Waals surface area contributed by atoms with Gasteiger partial charge in [0.05, 0.1) is 14.2 Å². The molecule has 60 valence electrons. The van der Waals surface area contributed by atoms with Crippen LogP contribution in [0.4, 0.5) is 0 Å². The standard InChI is InChI=1S/C6H9N2O2S/c1-9-11(10-2)6-7-4-3-5-8-6/h3-5H,1-2H3/q+1. The summed E-state index contributed by atoms with van der Waals surface area (Å²) in [5, 5.41) is 0.567. The van der Waals surface area contributed by atoms with Gasteiger partial charge in [0, 0.05) is 12.4 Å². The van der Waals surface area contributed by atoms with Crippen LogP contribution in [0.5, 0.6) is 0 Å². The molecule has 0 bridgehead atoms. The summed E-state index contributed by atoms with van der Waals surface area (Å²) in [4.78, 5) is 7.94. The molecule has 0 unspecified atom stereocenters. The average Bonchev–Trinajstić information content (AvgIpc) is 2.09.